The lowest BCUT2D eigenvalue weighted by Gasteiger charge is -2.09. The van der Waals surface area contributed by atoms with Gasteiger partial charge >= 0.3 is 6.03 Å². The van der Waals surface area contributed by atoms with Crippen LogP contribution < -0.4 is 15.4 Å². The number of nitrogens with zero attached hydrogens (tertiary/aromatic N) is 1. The summed E-state index contributed by atoms with van der Waals surface area (Å²) in [6.45, 7) is 1.88. The van der Waals surface area contributed by atoms with Crippen LogP contribution in [0, 0.1) is 6.92 Å². The lowest BCUT2D eigenvalue weighted by molar-refractivity contribution is 0.254. The predicted octanol–water partition coefficient (Wildman–Crippen LogP) is 2.93. The van der Waals surface area contributed by atoms with Gasteiger partial charge in [0.2, 0.25) is 5.88 Å². The lowest BCUT2D eigenvalue weighted by Crippen LogP contribution is -2.24. The van der Waals surface area contributed by atoms with Crippen molar-refractivity contribution in [3.05, 3.63) is 48.2 Å². The Morgan fingerprint density at radius 1 is 1.26 bits per heavy atom. The molecule has 0 saturated heterocycles. The van der Waals surface area contributed by atoms with Crippen molar-refractivity contribution >= 4 is 11.7 Å². The number of amides is 2. The monoisotopic (exact) mass is 257 g/mol. The van der Waals surface area contributed by atoms with Gasteiger partial charge in [-0.3, -0.25) is 0 Å². The molecule has 1 heterocycles. The summed E-state index contributed by atoms with van der Waals surface area (Å²) in [4.78, 5) is 15.4. The van der Waals surface area contributed by atoms with E-state index in [4.69, 9.17) is 4.74 Å². The van der Waals surface area contributed by atoms with E-state index in [0.717, 1.165) is 11.3 Å². The Kier molecular flexibility index (Phi) is 3.97. The van der Waals surface area contributed by atoms with Crippen LogP contribution in [0.3, 0.4) is 0 Å². The molecule has 1 aromatic heterocycles. The number of anilines is 1. The third-order valence-electron chi connectivity index (χ3n) is 2.47. The molecule has 2 aromatic rings. The van der Waals surface area contributed by atoms with Crippen molar-refractivity contribution < 1.29 is 9.53 Å². The average Bonchev–Trinajstić information content (AvgIpc) is 2.43. The summed E-state index contributed by atoms with van der Waals surface area (Å²) >= 11 is 0. The van der Waals surface area contributed by atoms with E-state index in [2.05, 4.69) is 15.6 Å². The number of aryl methyl sites for hydroxylation is 1. The first-order valence-electron chi connectivity index (χ1n) is 5.87. The van der Waals surface area contributed by atoms with Crippen LogP contribution in [0.2, 0.25) is 0 Å². The fourth-order valence-electron chi connectivity index (χ4n) is 1.53. The van der Waals surface area contributed by atoms with Gasteiger partial charge in [0.15, 0.2) is 0 Å². The Bertz CT molecular complexity index is 570. The Morgan fingerprint density at radius 3 is 2.63 bits per heavy atom. The number of ether oxygens (including phenoxy) is 1. The molecule has 0 radical (unpaired) electrons. The highest BCUT2D eigenvalue weighted by Crippen LogP contribution is 2.24. The quantitative estimate of drug-likeness (QED) is 0.888. The van der Waals surface area contributed by atoms with Crippen LogP contribution in [0.1, 0.15) is 5.56 Å². The molecule has 0 fully saturated rings. The minimum absolute atomic E-state index is 0.280. The van der Waals surface area contributed by atoms with Crippen LogP contribution in [0.5, 0.6) is 11.6 Å². The number of carbonyl (C=O) groups excluding carboxylic acids is 1. The Balaban J connectivity index is 2.13. The van der Waals surface area contributed by atoms with E-state index < -0.39 is 0 Å². The molecule has 2 amide bonds. The van der Waals surface area contributed by atoms with Gasteiger partial charge in [0.05, 0.1) is 11.9 Å². The second-order valence-electron chi connectivity index (χ2n) is 3.97. The van der Waals surface area contributed by atoms with Crippen molar-refractivity contribution in [3.8, 4) is 11.6 Å². The van der Waals surface area contributed by atoms with Gasteiger partial charge in [-0.05, 0) is 25.1 Å². The van der Waals surface area contributed by atoms with Crippen LogP contribution >= 0.6 is 0 Å². The van der Waals surface area contributed by atoms with E-state index in [1.54, 1.807) is 19.3 Å². The van der Waals surface area contributed by atoms with Crippen molar-refractivity contribution in [2.45, 2.75) is 6.92 Å². The Labute approximate surface area is 111 Å². The van der Waals surface area contributed by atoms with Gasteiger partial charge < -0.3 is 15.4 Å². The Morgan fingerprint density at radius 2 is 2.00 bits per heavy atom. The minimum atomic E-state index is -0.280. The lowest BCUT2D eigenvalue weighted by atomic mass is 10.3. The standard InChI is InChI=1S/C14H15N3O2/c1-10-8-11(17-14(18)15-2)9-16-13(10)19-12-6-4-3-5-7-12/h3-9H,1-2H3,(H2,15,17,18). The van der Waals surface area contributed by atoms with Gasteiger partial charge in [0, 0.05) is 12.6 Å². The molecule has 0 aliphatic heterocycles. The number of hydrogen-bond acceptors (Lipinski definition) is 3. The van der Waals surface area contributed by atoms with Crippen molar-refractivity contribution in [3.63, 3.8) is 0 Å². The molecule has 98 valence electrons. The number of carbonyl (C=O) groups is 1. The number of nitrogens with one attached hydrogen (secondary N) is 2. The first-order valence-corrected chi connectivity index (χ1v) is 5.87. The van der Waals surface area contributed by atoms with Gasteiger partial charge in [0.1, 0.15) is 5.75 Å². The zero-order valence-electron chi connectivity index (χ0n) is 10.8. The number of urea groups is 1. The van der Waals surface area contributed by atoms with E-state index in [-0.39, 0.29) is 6.03 Å². The molecule has 0 atom stereocenters. The molecule has 0 bridgehead atoms. The maximum absolute atomic E-state index is 11.2. The van der Waals surface area contributed by atoms with Crippen molar-refractivity contribution in [2.75, 3.05) is 12.4 Å². The van der Waals surface area contributed by atoms with Gasteiger partial charge in [0.25, 0.3) is 0 Å². The van der Waals surface area contributed by atoms with E-state index in [0.29, 0.717) is 11.6 Å². The third kappa shape index (κ3) is 3.45. The van der Waals surface area contributed by atoms with Gasteiger partial charge in [-0.2, -0.15) is 0 Å². The average molecular weight is 257 g/mol. The minimum Gasteiger partial charge on any atom is -0.439 e. The predicted molar refractivity (Wildman–Crippen MR) is 73.6 cm³/mol. The molecule has 0 aliphatic carbocycles. The molecule has 2 rings (SSSR count). The van der Waals surface area contributed by atoms with Crippen LogP contribution in [-0.2, 0) is 0 Å². The SMILES string of the molecule is CNC(=O)Nc1cnc(Oc2ccccc2)c(C)c1. The van der Waals surface area contributed by atoms with Crippen LogP contribution in [0.15, 0.2) is 42.6 Å². The molecular weight excluding hydrogens is 242 g/mol. The molecule has 0 unspecified atom stereocenters. The highest BCUT2D eigenvalue weighted by atomic mass is 16.5. The van der Waals surface area contributed by atoms with Crippen LogP contribution in [0.25, 0.3) is 0 Å². The maximum Gasteiger partial charge on any atom is 0.319 e. The van der Waals surface area contributed by atoms with E-state index in [9.17, 15) is 4.79 Å². The maximum atomic E-state index is 11.2. The second-order valence-corrected chi connectivity index (χ2v) is 3.97. The number of benzene rings is 1. The molecule has 0 saturated carbocycles. The zero-order valence-corrected chi connectivity index (χ0v) is 10.8. The van der Waals surface area contributed by atoms with Gasteiger partial charge in [-0.25, -0.2) is 9.78 Å². The summed E-state index contributed by atoms with van der Waals surface area (Å²) in [5.74, 6) is 1.25. The fraction of sp³-hybridized carbons (Fsp3) is 0.143. The number of hydrogen-bond donors (Lipinski definition) is 2. The van der Waals surface area contributed by atoms with E-state index in [1.807, 2.05) is 37.3 Å². The number of pyridine rings is 1. The van der Waals surface area contributed by atoms with Crippen LogP contribution in [-0.4, -0.2) is 18.1 Å². The summed E-state index contributed by atoms with van der Waals surface area (Å²) in [5, 5.41) is 5.13. The molecular formula is C14H15N3O2. The third-order valence-corrected chi connectivity index (χ3v) is 2.47. The van der Waals surface area contributed by atoms with Crippen molar-refractivity contribution in [1.29, 1.82) is 0 Å². The first-order chi connectivity index (χ1) is 9.19. The summed E-state index contributed by atoms with van der Waals surface area (Å²) in [5.41, 5.74) is 1.47. The number of aromatic nitrogens is 1. The summed E-state index contributed by atoms with van der Waals surface area (Å²) in [6, 6.07) is 11.0. The molecule has 1 aromatic carbocycles. The molecule has 0 spiro atoms. The summed E-state index contributed by atoms with van der Waals surface area (Å²) < 4.78 is 5.66. The molecule has 0 aliphatic rings. The van der Waals surface area contributed by atoms with Crippen molar-refractivity contribution in [1.82, 2.24) is 10.3 Å². The van der Waals surface area contributed by atoms with Crippen molar-refractivity contribution in [2.24, 2.45) is 0 Å². The fourth-order valence-corrected chi connectivity index (χ4v) is 1.53. The van der Waals surface area contributed by atoms with Gasteiger partial charge in [-0.15, -0.1) is 0 Å². The van der Waals surface area contributed by atoms with Crippen LogP contribution in [0.4, 0.5) is 10.5 Å². The molecule has 2 N–H and O–H groups in total. The van der Waals surface area contributed by atoms with E-state index in [1.165, 1.54) is 0 Å². The highest BCUT2D eigenvalue weighted by molar-refractivity contribution is 5.88. The smallest absolute Gasteiger partial charge is 0.319 e. The zero-order chi connectivity index (χ0) is 13.7. The second kappa shape index (κ2) is 5.86. The van der Waals surface area contributed by atoms with E-state index >= 15 is 0 Å². The largest absolute Gasteiger partial charge is 0.439 e. The molecule has 19 heavy (non-hydrogen) atoms. The number of rotatable bonds is 3. The normalized spacial score (nSPS) is 9.79. The first kappa shape index (κ1) is 12.9. The topological polar surface area (TPSA) is 63.2 Å². The highest BCUT2D eigenvalue weighted by Gasteiger charge is 2.06. The van der Waals surface area contributed by atoms with Gasteiger partial charge in [-0.1, -0.05) is 18.2 Å². The Hall–Kier alpha value is -2.56. The molecule has 5 heteroatoms. The number of para-hydroxylation sites is 1. The summed E-state index contributed by atoms with van der Waals surface area (Å²) in [6.07, 6.45) is 1.56. The summed E-state index contributed by atoms with van der Waals surface area (Å²) in [7, 11) is 1.56. The molecule has 5 nitrogen and oxygen atoms in total.